The first-order chi connectivity index (χ1) is 12.9. The Bertz CT molecular complexity index is 869. The maximum Gasteiger partial charge on any atom is 0.209 e. The molecule has 5 nitrogen and oxygen atoms in total. The van der Waals surface area contributed by atoms with Gasteiger partial charge in [-0.3, -0.25) is 19.6 Å². The summed E-state index contributed by atoms with van der Waals surface area (Å²) in [7, 11) is 0. The van der Waals surface area contributed by atoms with Crippen LogP contribution in [0.4, 0.5) is 0 Å². The van der Waals surface area contributed by atoms with Crippen LogP contribution in [0, 0.1) is 22.7 Å². The molecule has 2 aliphatic heterocycles. The SMILES string of the molecule is CC1C=CC2CN(C=O)CCC23C(C(C)(C)C(=O)c2ccncc2)=CN=C13. The van der Waals surface area contributed by atoms with E-state index >= 15 is 0 Å². The highest BCUT2D eigenvalue weighted by atomic mass is 16.1. The van der Waals surface area contributed by atoms with Crippen molar-refractivity contribution in [2.75, 3.05) is 13.1 Å². The summed E-state index contributed by atoms with van der Waals surface area (Å²) in [4.78, 5) is 35.4. The zero-order chi connectivity index (χ0) is 19.2. The lowest BCUT2D eigenvalue weighted by atomic mass is 9.53. The molecule has 1 aromatic heterocycles. The largest absolute Gasteiger partial charge is 0.345 e. The van der Waals surface area contributed by atoms with E-state index in [1.165, 1.54) is 0 Å². The van der Waals surface area contributed by atoms with E-state index in [2.05, 4.69) is 24.1 Å². The van der Waals surface area contributed by atoms with Crippen molar-refractivity contribution in [2.45, 2.75) is 27.2 Å². The molecule has 3 aliphatic rings. The van der Waals surface area contributed by atoms with E-state index in [0.717, 1.165) is 24.1 Å². The van der Waals surface area contributed by atoms with Crippen LogP contribution in [0.3, 0.4) is 0 Å². The number of ketones is 1. The quantitative estimate of drug-likeness (QED) is 0.468. The number of likely N-dealkylation sites (tertiary alicyclic amines) is 1. The van der Waals surface area contributed by atoms with Gasteiger partial charge in [0.05, 0.1) is 5.41 Å². The second-order valence-electron chi connectivity index (χ2n) is 8.35. The van der Waals surface area contributed by atoms with Gasteiger partial charge in [0, 0.05) is 60.2 Å². The average Bonchev–Trinajstić information content (AvgIpc) is 3.09. The molecule has 1 amide bonds. The van der Waals surface area contributed by atoms with Gasteiger partial charge >= 0.3 is 0 Å². The molecule has 0 saturated carbocycles. The second kappa shape index (κ2) is 6.25. The first kappa shape index (κ1) is 17.8. The van der Waals surface area contributed by atoms with Crippen LogP contribution in [0.1, 0.15) is 37.6 Å². The Morgan fingerprint density at radius 2 is 2.04 bits per heavy atom. The predicted molar refractivity (Wildman–Crippen MR) is 104 cm³/mol. The number of hydrogen-bond donors (Lipinski definition) is 0. The molecule has 1 spiro atoms. The Morgan fingerprint density at radius 1 is 1.30 bits per heavy atom. The van der Waals surface area contributed by atoms with Crippen molar-refractivity contribution in [3.8, 4) is 0 Å². The number of piperidine rings is 1. The van der Waals surface area contributed by atoms with Crippen molar-refractivity contribution < 1.29 is 9.59 Å². The van der Waals surface area contributed by atoms with Crippen molar-refractivity contribution in [1.82, 2.24) is 9.88 Å². The summed E-state index contributed by atoms with van der Waals surface area (Å²) < 4.78 is 0. The standard InChI is InChI=1S/C22H25N3O2/c1-15-4-5-17-13-25(14-26)11-8-22(17)18(12-24-19(15)22)21(2,3)20(27)16-6-9-23-10-7-16/h4-7,9-10,12,14-15,17H,8,11,13H2,1-3H3. The molecule has 0 radical (unpaired) electrons. The summed E-state index contributed by atoms with van der Waals surface area (Å²) in [6.45, 7) is 7.52. The van der Waals surface area contributed by atoms with E-state index in [-0.39, 0.29) is 23.0 Å². The minimum atomic E-state index is -0.681. The number of carbonyl (C=O) groups is 2. The summed E-state index contributed by atoms with van der Waals surface area (Å²) in [6.07, 6.45) is 11.4. The lowest BCUT2D eigenvalue weighted by molar-refractivity contribution is -0.120. The van der Waals surface area contributed by atoms with Gasteiger partial charge in [0.2, 0.25) is 6.41 Å². The van der Waals surface area contributed by atoms with Gasteiger partial charge in [-0.1, -0.05) is 19.1 Å². The van der Waals surface area contributed by atoms with E-state index in [1.807, 2.05) is 24.9 Å². The molecule has 3 unspecified atom stereocenters. The van der Waals surface area contributed by atoms with Crippen LogP contribution in [-0.4, -0.2) is 40.9 Å². The Balaban J connectivity index is 1.77. The van der Waals surface area contributed by atoms with Gasteiger partial charge < -0.3 is 4.90 Å². The summed E-state index contributed by atoms with van der Waals surface area (Å²) in [5.74, 6) is 0.482. The number of Topliss-reactive ketones (excluding diaryl/α,β-unsaturated/α-hetero) is 1. The third kappa shape index (κ3) is 2.52. The van der Waals surface area contributed by atoms with Crippen LogP contribution < -0.4 is 0 Å². The number of rotatable bonds is 4. The fourth-order valence-corrected chi connectivity index (χ4v) is 5.10. The first-order valence-electron chi connectivity index (χ1n) is 9.53. The number of aliphatic imine (C=N–C) groups is 1. The zero-order valence-corrected chi connectivity index (χ0v) is 16.1. The number of aromatic nitrogens is 1. The number of amides is 1. The van der Waals surface area contributed by atoms with Gasteiger partial charge in [-0.05, 0) is 38.0 Å². The summed E-state index contributed by atoms with van der Waals surface area (Å²) in [6, 6.07) is 3.55. The molecule has 1 saturated heterocycles. The normalized spacial score (nSPS) is 29.5. The van der Waals surface area contributed by atoms with Gasteiger partial charge in [0.25, 0.3) is 0 Å². The van der Waals surface area contributed by atoms with Crippen LogP contribution >= 0.6 is 0 Å². The Kier molecular flexibility index (Phi) is 4.13. The fourth-order valence-electron chi connectivity index (χ4n) is 5.10. The second-order valence-corrected chi connectivity index (χ2v) is 8.35. The van der Waals surface area contributed by atoms with Crippen LogP contribution in [-0.2, 0) is 4.79 Å². The number of pyridine rings is 1. The molecule has 0 N–H and O–H groups in total. The average molecular weight is 363 g/mol. The topological polar surface area (TPSA) is 62.6 Å². The van der Waals surface area contributed by atoms with Crippen molar-refractivity contribution in [3.05, 3.63) is 54.0 Å². The number of hydrogen-bond acceptors (Lipinski definition) is 4. The van der Waals surface area contributed by atoms with E-state index < -0.39 is 5.41 Å². The molecular formula is C22H25N3O2. The monoisotopic (exact) mass is 363 g/mol. The molecule has 4 rings (SSSR count). The highest BCUT2D eigenvalue weighted by molar-refractivity contribution is 6.06. The summed E-state index contributed by atoms with van der Waals surface area (Å²) in [5.41, 5.74) is 1.95. The van der Waals surface area contributed by atoms with Crippen molar-refractivity contribution in [3.63, 3.8) is 0 Å². The Hall–Kier alpha value is -2.56. The molecule has 1 aliphatic carbocycles. The molecule has 0 bridgehead atoms. The highest BCUT2D eigenvalue weighted by Gasteiger charge is 2.57. The number of carbonyl (C=O) groups excluding carboxylic acids is 2. The molecular weight excluding hydrogens is 338 g/mol. The summed E-state index contributed by atoms with van der Waals surface area (Å²) >= 11 is 0. The van der Waals surface area contributed by atoms with Crippen LogP contribution in [0.15, 0.2) is 53.4 Å². The minimum Gasteiger partial charge on any atom is -0.345 e. The van der Waals surface area contributed by atoms with Crippen LogP contribution in [0.25, 0.3) is 0 Å². The minimum absolute atomic E-state index is 0.0840. The maximum absolute atomic E-state index is 13.4. The van der Waals surface area contributed by atoms with Crippen molar-refractivity contribution >= 4 is 17.9 Å². The van der Waals surface area contributed by atoms with Gasteiger partial charge in [-0.15, -0.1) is 0 Å². The summed E-state index contributed by atoms with van der Waals surface area (Å²) in [5, 5.41) is 0. The van der Waals surface area contributed by atoms with Gasteiger partial charge in [-0.25, -0.2) is 0 Å². The molecule has 27 heavy (non-hydrogen) atoms. The Morgan fingerprint density at radius 3 is 2.74 bits per heavy atom. The molecule has 3 atom stereocenters. The third-order valence-electron chi connectivity index (χ3n) is 6.52. The molecule has 1 aromatic rings. The molecule has 1 fully saturated rings. The maximum atomic E-state index is 13.4. The van der Waals surface area contributed by atoms with Crippen LogP contribution in [0.5, 0.6) is 0 Å². The third-order valence-corrected chi connectivity index (χ3v) is 6.52. The number of allylic oxidation sites excluding steroid dienone is 2. The molecule has 3 heterocycles. The van der Waals surface area contributed by atoms with E-state index in [4.69, 9.17) is 4.99 Å². The smallest absolute Gasteiger partial charge is 0.209 e. The lowest BCUT2D eigenvalue weighted by Crippen LogP contribution is -2.55. The fraction of sp³-hybridized carbons (Fsp3) is 0.455. The van der Waals surface area contributed by atoms with Gasteiger partial charge in [0.1, 0.15) is 0 Å². The first-order valence-corrected chi connectivity index (χ1v) is 9.53. The molecule has 5 heteroatoms. The predicted octanol–water partition coefficient (Wildman–Crippen LogP) is 3.30. The van der Waals surface area contributed by atoms with Crippen molar-refractivity contribution in [2.24, 2.45) is 27.7 Å². The number of nitrogens with zero attached hydrogens (tertiary/aromatic N) is 3. The van der Waals surface area contributed by atoms with Crippen LogP contribution in [0.2, 0.25) is 0 Å². The molecule has 0 aromatic carbocycles. The van der Waals surface area contributed by atoms with Crippen molar-refractivity contribution in [1.29, 1.82) is 0 Å². The van der Waals surface area contributed by atoms with Gasteiger partial charge in [0.15, 0.2) is 5.78 Å². The van der Waals surface area contributed by atoms with E-state index in [0.29, 0.717) is 18.7 Å². The molecule has 140 valence electrons. The van der Waals surface area contributed by atoms with E-state index in [9.17, 15) is 9.59 Å². The highest BCUT2D eigenvalue weighted by Crippen LogP contribution is 2.57. The Labute approximate surface area is 159 Å². The lowest BCUT2D eigenvalue weighted by Gasteiger charge is -2.51. The van der Waals surface area contributed by atoms with Gasteiger partial charge in [-0.2, -0.15) is 0 Å². The zero-order valence-electron chi connectivity index (χ0n) is 16.1. The van der Waals surface area contributed by atoms with E-state index in [1.54, 1.807) is 24.5 Å².